The average molecular weight is 696 g/mol. The van der Waals surface area contributed by atoms with E-state index in [2.05, 4.69) is 111 Å². The van der Waals surface area contributed by atoms with Crippen LogP contribution in [-0.4, -0.2) is 15.9 Å². The van der Waals surface area contributed by atoms with Crippen molar-refractivity contribution in [2.75, 3.05) is 0 Å². The summed E-state index contributed by atoms with van der Waals surface area (Å²) in [6, 6.07) is 36.3. The first-order chi connectivity index (χ1) is 20.8. The van der Waals surface area contributed by atoms with Gasteiger partial charge in [0.1, 0.15) is 0 Å². The Labute approximate surface area is 263 Å². The molecule has 2 nitrogen and oxygen atoms in total. The summed E-state index contributed by atoms with van der Waals surface area (Å²) in [5, 5.41) is 1.34. The normalized spacial score (nSPS) is 19.0. The van der Waals surface area contributed by atoms with Gasteiger partial charge < -0.3 is 0 Å². The van der Waals surface area contributed by atoms with Crippen LogP contribution in [0.25, 0.3) is 34.7 Å². The molecule has 0 fully saturated rings. The van der Waals surface area contributed by atoms with Crippen molar-refractivity contribution in [2.45, 2.75) is 27.6 Å². The number of aromatic nitrogens is 2. The maximum absolute atomic E-state index is 8.66. The fraction of sp³-hybridized carbons (Fsp3) is 0.135. The summed E-state index contributed by atoms with van der Waals surface area (Å²) in [5.74, 6) is -1.96. The molecule has 3 unspecified atom stereocenters. The van der Waals surface area contributed by atoms with Crippen LogP contribution in [-0.2, 0) is 15.6 Å². The molecule has 2 heterocycles. The minimum atomic E-state index is -5.02. The average Bonchev–Trinajstić information content (AvgIpc) is 3.58. The van der Waals surface area contributed by atoms with Crippen LogP contribution in [0.4, 0.5) is 0 Å². The maximum atomic E-state index is 8.66. The summed E-state index contributed by atoms with van der Waals surface area (Å²) in [5.41, 5.74) is 11.7. The first kappa shape index (κ1) is 28.9. The summed E-state index contributed by atoms with van der Waals surface area (Å²) in [6.45, 7) is 6.91. The van der Waals surface area contributed by atoms with E-state index < -0.39 is 21.5 Å². The fourth-order valence-corrected chi connectivity index (χ4v) is 49.9. The van der Waals surface area contributed by atoms with Gasteiger partial charge in [0.25, 0.3) is 0 Å². The Balaban J connectivity index is 1.48. The summed E-state index contributed by atoms with van der Waals surface area (Å²) in [6.07, 6.45) is 8.40. The Morgan fingerprint density at radius 3 is 1.49 bits per heavy atom. The van der Waals surface area contributed by atoms with Crippen molar-refractivity contribution in [3.05, 3.63) is 149 Å². The summed E-state index contributed by atoms with van der Waals surface area (Å²) < 4.78 is -0.0220. The monoisotopic (exact) mass is 693 g/mol. The molecule has 2 aromatic heterocycles. The van der Waals surface area contributed by atoms with Crippen LogP contribution >= 0.6 is 17.0 Å². The van der Waals surface area contributed by atoms with Crippen LogP contribution in [0.3, 0.4) is 0 Å². The third-order valence-electron chi connectivity index (χ3n) is 9.67. The van der Waals surface area contributed by atoms with Crippen molar-refractivity contribution in [2.24, 2.45) is 0 Å². The number of benzene rings is 3. The molecule has 3 aromatic carbocycles. The number of nitrogens with zero attached hydrogens (tertiary/aromatic N) is 2. The predicted molar refractivity (Wildman–Crippen MR) is 183 cm³/mol. The topological polar surface area (TPSA) is 25.8 Å². The fourth-order valence-electron chi connectivity index (χ4n) is 7.79. The molecule has 213 valence electrons. The Morgan fingerprint density at radius 2 is 1.05 bits per heavy atom. The van der Waals surface area contributed by atoms with Gasteiger partial charge in [0.15, 0.2) is 0 Å². The zero-order valence-corrected chi connectivity index (χ0v) is 29.6. The number of rotatable bonds is 6. The van der Waals surface area contributed by atoms with Crippen LogP contribution in [0.15, 0.2) is 127 Å². The molecule has 3 atom stereocenters. The van der Waals surface area contributed by atoms with Gasteiger partial charge in [-0.3, -0.25) is 0 Å². The first-order valence-corrected chi connectivity index (χ1v) is 30.6. The quantitative estimate of drug-likeness (QED) is 0.165. The van der Waals surface area contributed by atoms with Gasteiger partial charge in [-0.15, -0.1) is 0 Å². The molecule has 0 saturated heterocycles. The molecule has 2 aliphatic rings. The predicted octanol–water partition coefficient (Wildman–Crippen LogP) is 9.68. The van der Waals surface area contributed by atoms with E-state index in [9.17, 15) is 0 Å². The second kappa shape index (κ2) is 10.9. The molecule has 0 N–H and O–H groups in total. The van der Waals surface area contributed by atoms with Crippen molar-refractivity contribution in [3.8, 4) is 22.5 Å². The molecule has 0 radical (unpaired) electrons. The molecule has 7 rings (SSSR count). The molecule has 2 aliphatic carbocycles. The third kappa shape index (κ3) is 4.53. The second-order valence-electron chi connectivity index (χ2n) is 12.0. The Bertz CT molecular complexity index is 1790. The number of pyridine rings is 2. The van der Waals surface area contributed by atoms with Crippen molar-refractivity contribution < 1.29 is 15.6 Å². The third-order valence-corrected chi connectivity index (χ3v) is 57.3. The zero-order valence-electron chi connectivity index (χ0n) is 24.5. The Morgan fingerprint density at radius 1 is 0.581 bits per heavy atom. The molecule has 0 spiro atoms. The first-order valence-electron chi connectivity index (χ1n) is 14.9. The van der Waals surface area contributed by atoms with Gasteiger partial charge in [-0.2, -0.15) is 0 Å². The van der Waals surface area contributed by atoms with Crippen molar-refractivity contribution in [1.82, 2.24) is 9.97 Å². The van der Waals surface area contributed by atoms with Crippen molar-refractivity contribution in [1.29, 1.82) is 0 Å². The standard InChI is InChI=1S/2C15H12N.C7H9Si.2ClH.Zr/c2*1-11-9-12-5-4-6-13(14(12)10-11)15-7-2-3-8-16-15;1-8-7-5-3-2-4-6-7;;;/h2*2-10H,1H3;2-6,8H,1H3;2*1H;/q;;;;;+2/p-2. The number of allylic oxidation sites excluding steroid dienone is 2. The van der Waals surface area contributed by atoms with E-state index in [4.69, 9.17) is 27.0 Å². The van der Waals surface area contributed by atoms with Gasteiger partial charge in [-0.05, 0) is 0 Å². The van der Waals surface area contributed by atoms with E-state index in [-0.39, 0.29) is 7.25 Å². The molecule has 43 heavy (non-hydrogen) atoms. The van der Waals surface area contributed by atoms with Gasteiger partial charge in [-0.1, -0.05) is 0 Å². The number of halogens is 2. The molecular formula is C37H33Cl2N2SiZr. The summed E-state index contributed by atoms with van der Waals surface area (Å²) in [4.78, 5) is 9.42. The van der Waals surface area contributed by atoms with E-state index >= 15 is 0 Å². The van der Waals surface area contributed by atoms with Crippen molar-refractivity contribution >= 4 is 40.3 Å². The van der Waals surface area contributed by atoms with Crippen LogP contribution in [0.1, 0.15) is 43.4 Å². The Hall–Kier alpha value is -2.88. The zero-order chi connectivity index (χ0) is 29.8. The number of hydrogen-bond acceptors (Lipinski definition) is 2. The van der Waals surface area contributed by atoms with E-state index in [0.29, 0.717) is 0 Å². The molecule has 0 bridgehead atoms. The SMILES string of the molecule is CC1=Cc2c(-c3ccccn3)cccc2[CH]1[Zr]([Cl])([Cl])([CH]1C(C)=Cc2c(-c3ccccn3)cccc21)[SiH](C)c1ccccc1. The van der Waals surface area contributed by atoms with E-state index in [1.54, 1.807) is 0 Å². The van der Waals surface area contributed by atoms with Gasteiger partial charge >= 0.3 is 265 Å². The van der Waals surface area contributed by atoms with Crippen LogP contribution in [0.5, 0.6) is 0 Å². The van der Waals surface area contributed by atoms with Crippen LogP contribution < -0.4 is 5.19 Å². The molecule has 6 heteroatoms. The van der Waals surface area contributed by atoms with E-state index in [1.807, 2.05) is 36.7 Å². The van der Waals surface area contributed by atoms with Gasteiger partial charge in [-0.25, -0.2) is 0 Å². The summed E-state index contributed by atoms with van der Waals surface area (Å²) in [7, 11) is 17.3. The summed E-state index contributed by atoms with van der Waals surface area (Å²) >= 11 is -5.02. The van der Waals surface area contributed by atoms with Crippen LogP contribution in [0.2, 0.25) is 6.55 Å². The van der Waals surface area contributed by atoms with Crippen molar-refractivity contribution in [3.63, 3.8) is 0 Å². The second-order valence-corrected chi connectivity index (χ2v) is 52.2. The van der Waals surface area contributed by atoms with Gasteiger partial charge in [0, 0.05) is 0 Å². The van der Waals surface area contributed by atoms with Gasteiger partial charge in [0.05, 0.1) is 0 Å². The Kier molecular flexibility index (Phi) is 7.34. The van der Waals surface area contributed by atoms with E-state index in [1.165, 1.54) is 38.6 Å². The molecule has 0 saturated carbocycles. The minimum absolute atomic E-state index is 0.0110. The molecule has 5 aromatic rings. The molecule has 0 aliphatic heterocycles. The molecular weight excluding hydrogens is 663 g/mol. The van der Waals surface area contributed by atoms with E-state index in [0.717, 1.165) is 22.5 Å². The van der Waals surface area contributed by atoms with Gasteiger partial charge in [0.2, 0.25) is 0 Å². The number of hydrogen-bond donors (Lipinski definition) is 0. The molecule has 0 amide bonds. The number of fused-ring (bicyclic) bond motifs is 2. The van der Waals surface area contributed by atoms with Crippen LogP contribution in [0, 0.1) is 0 Å².